The molecular weight excluding hydrogens is 524 g/mol. The van der Waals surface area contributed by atoms with E-state index in [2.05, 4.69) is 21.8 Å². The van der Waals surface area contributed by atoms with Crippen LogP contribution in [0.4, 0.5) is 5.69 Å². The number of fused-ring (bicyclic) bond motifs is 2. The minimum Gasteiger partial charge on any atom is -0.496 e. The zero-order valence-electron chi connectivity index (χ0n) is 24.6. The summed E-state index contributed by atoms with van der Waals surface area (Å²) >= 11 is 0. The quantitative estimate of drug-likeness (QED) is 0.305. The second-order valence-electron chi connectivity index (χ2n) is 11.4. The number of amides is 2. The van der Waals surface area contributed by atoms with Crippen LogP contribution in [0.5, 0.6) is 5.75 Å². The lowest BCUT2D eigenvalue weighted by molar-refractivity contribution is 0.0940. The third-order valence-corrected chi connectivity index (χ3v) is 8.78. The Bertz CT molecular complexity index is 1620. The largest absolute Gasteiger partial charge is 0.496 e. The maximum atomic E-state index is 14.1. The number of likely N-dealkylation sites (tertiary alicyclic amines) is 1. The van der Waals surface area contributed by atoms with Crippen molar-refractivity contribution in [2.75, 3.05) is 32.1 Å². The lowest BCUT2D eigenvalue weighted by Gasteiger charge is -2.23. The minimum absolute atomic E-state index is 0.0679. The Labute approximate surface area is 247 Å². The molecule has 0 bridgehead atoms. The normalized spacial score (nSPS) is 16.5. The van der Waals surface area contributed by atoms with Gasteiger partial charge in [-0.1, -0.05) is 42.5 Å². The molecule has 0 spiro atoms. The van der Waals surface area contributed by atoms with Gasteiger partial charge in [0.25, 0.3) is 11.8 Å². The van der Waals surface area contributed by atoms with Crippen LogP contribution in [0.1, 0.15) is 56.9 Å². The van der Waals surface area contributed by atoms with Gasteiger partial charge < -0.3 is 24.4 Å². The van der Waals surface area contributed by atoms with Crippen LogP contribution in [0.2, 0.25) is 0 Å². The first kappa shape index (κ1) is 27.8. The summed E-state index contributed by atoms with van der Waals surface area (Å²) in [4.78, 5) is 31.6. The highest BCUT2D eigenvalue weighted by atomic mass is 16.5. The van der Waals surface area contributed by atoms with Crippen molar-refractivity contribution in [3.63, 3.8) is 0 Å². The number of nitrogens with zero attached hydrogens (tertiary/aromatic N) is 3. The summed E-state index contributed by atoms with van der Waals surface area (Å²) in [6, 6.07) is 26.1. The molecule has 1 atom stereocenters. The van der Waals surface area contributed by atoms with Gasteiger partial charge in [-0.2, -0.15) is 0 Å². The van der Waals surface area contributed by atoms with Crippen LogP contribution in [-0.4, -0.2) is 54.6 Å². The number of para-hydroxylation sites is 2. The summed E-state index contributed by atoms with van der Waals surface area (Å²) in [7, 11) is 3.83. The number of nitrogens with one attached hydrogen (secondary N) is 1. The van der Waals surface area contributed by atoms with E-state index < -0.39 is 0 Å². The first-order valence-electron chi connectivity index (χ1n) is 14.7. The van der Waals surface area contributed by atoms with Gasteiger partial charge in [0.1, 0.15) is 11.4 Å². The van der Waals surface area contributed by atoms with Gasteiger partial charge in [0.15, 0.2) is 0 Å². The molecular formula is C35H38N4O3. The number of aryl methyl sites for hydroxylation is 1. The number of hydrogen-bond acceptors (Lipinski definition) is 4. The van der Waals surface area contributed by atoms with Crippen LogP contribution < -0.4 is 15.0 Å². The second-order valence-corrected chi connectivity index (χ2v) is 11.4. The van der Waals surface area contributed by atoms with Gasteiger partial charge in [-0.25, -0.2) is 0 Å². The maximum Gasteiger partial charge on any atom is 0.267 e. The van der Waals surface area contributed by atoms with Crippen molar-refractivity contribution < 1.29 is 14.3 Å². The summed E-state index contributed by atoms with van der Waals surface area (Å²) in [6.45, 7) is 4.71. The van der Waals surface area contributed by atoms with Crippen molar-refractivity contribution in [3.05, 3.63) is 107 Å². The van der Waals surface area contributed by atoms with Crippen molar-refractivity contribution in [1.82, 2.24) is 14.8 Å². The Morgan fingerprint density at radius 3 is 2.55 bits per heavy atom. The van der Waals surface area contributed by atoms with E-state index in [-0.39, 0.29) is 11.8 Å². The van der Waals surface area contributed by atoms with Crippen LogP contribution in [0, 0.1) is 6.92 Å². The second kappa shape index (κ2) is 11.9. The van der Waals surface area contributed by atoms with Crippen molar-refractivity contribution in [2.24, 2.45) is 0 Å². The van der Waals surface area contributed by atoms with E-state index in [4.69, 9.17) is 4.74 Å². The molecule has 3 heterocycles. The lowest BCUT2D eigenvalue weighted by Crippen LogP contribution is -2.33. The molecule has 0 aliphatic carbocycles. The summed E-state index contributed by atoms with van der Waals surface area (Å²) in [5.41, 5.74) is 7.09. The molecule has 0 radical (unpaired) electrons. The van der Waals surface area contributed by atoms with Crippen LogP contribution in [-0.2, 0) is 13.1 Å². The Balaban J connectivity index is 1.25. The summed E-state index contributed by atoms with van der Waals surface area (Å²) in [6.07, 6.45) is 3.37. The lowest BCUT2D eigenvalue weighted by atomic mass is 9.97. The number of ether oxygens (including phenoxy) is 1. The van der Waals surface area contributed by atoms with E-state index in [9.17, 15) is 9.59 Å². The molecule has 6 rings (SSSR count). The van der Waals surface area contributed by atoms with E-state index in [1.54, 1.807) is 7.11 Å². The van der Waals surface area contributed by atoms with Gasteiger partial charge in [0, 0.05) is 35.1 Å². The van der Waals surface area contributed by atoms with E-state index in [0.29, 0.717) is 36.9 Å². The number of rotatable bonds is 7. The zero-order chi connectivity index (χ0) is 29.2. The fourth-order valence-corrected chi connectivity index (χ4v) is 6.45. The van der Waals surface area contributed by atoms with Gasteiger partial charge in [-0.15, -0.1) is 0 Å². The smallest absolute Gasteiger partial charge is 0.267 e. The van der Waals surface area contributed by atoms with E-state index in [0.717, 1.165) is 52.4 Å². The molecule has 1 N–H and O–H groups in total. The average molecular weight is 563 g/mol. The number of methoxy groups -OCH3 is 1. The Kier molecular flexibility index (Phi) is 7.85. The van der Waals surface area contributed by atoms with Crippen molar-refractivity contribution >= 4 is 17.5 Å². The van der Waals surface area contributed by atoms with Crippen LogP contribution >= 0.6 is 0 Å². The monoisotopic (exact) mass is 562 g/mol. The molecule has 0 saturated carbocycles. The highest BCUT2D eigenvalue weighted by Crippen LogP contribution is 2.34. The molecule has 1 unspecified atom stereocenters. The molecule has 3 aromatic carbocycles. The third kappa shape index (κ3) is 5.32. The van der Waals surface area contributed by atoms with Crippen LogP contribution in [0.15, 0.2) is 78.9 Å². The first-order chi connectivity index (χ1) is 20.4. The van der Waals surface area contributed by atoms with Crippen LogP contribution in [0.3, 0.4) is 0 Å². The highest BCUT2D eigenvalue weighted by molar-refractivity contribution is 6.07. The molecule has 1 fully saturated rings. The number of hydrogen-bond donors (Lipinski definition) is 1. The Morgan fingerprint density at radius 1 is 0.952 bits per heavy atom. The highest BCUT2D eigenvalue weighted by Gasteiger charge is 2.28. The Morgan fingerprint density at radius 2 is 1.76 bits per heavy atom. The van der Waals surface area contributed by atoms with Gasteiger partial charge in [-0.3, -0.25) is 9.59 Å². The zero-order valence-corrected chi connectivity index (χ0v) is 24.6. The molecule has 4 aromatic rings. The first-order valence-corrected chi connectivity index (χ1v) is 14.7. The molecule has 2 aliphatic heterocycles. The SMILES string of the molecule is COc1ccccc1-c1ccc(C(=O)N2Cc3ccc(C(=O)NCCC4CCCN4C)n3Cc3ccccc32)cc1C. The number of carbonyl (C=O) groups is 2. The van der Waals surface area contributed by atoms with Crippen molar-refractivity contribution in [1.29, 1.82) is 0 Å². The molecule has 2 amide bonds. The van der Waals surface area contributed by atoms with E-state index >= 15 is 0 Å². The predicted molar refractivity (Wildman–Crippen MR) is 166 cm³/mol. The summed E-state index contributed by atoms with van der Waals surface area (Å²) in [5, 5.41) is 3.14. The number of aromatic nitrogens is 1. The van der Waals surface area contributed by atoms with E-state index in [1.165, 1.54) is 12.8 Å². The molecule has 216 valence electrons. The number of benzene rings is 3. The van der Waals surface area contributed by atoms with Gasteiger partial charge in [-0.05, 0) is 92.9 Å². The van der Waals surface area contributed by atoms with Crippen molar-refractivity contribution in [3.8, 4) is 16.9 Å². The number of anilines is 1. The minimum atomic E-state index is -0.0709. The van der Waals surface area contributed by atoms with Gasteiger partial charge in [0.05, 0.1) is 20.2 Å². The maximum absolute atomic E-state index is 14.1. The topological polar surface area (TPSA) is 66.8 Å². The molecule has 2 aliphatic rings. The Hall–Kier alpha value is -4.36. The van der Waals surface area contributed by atoms with E-state index in [1.807, 2.05) is 90.7 Å². The average Bonchev–Trinajstić information content (AvgIpc) is 3.56. The molecule has 42 heavy (non-hydrogen) atoms. The molecule has 1 aromatic heterocycles. The predicted octanol–water partition coefficient (Wildman–Crippen LogP) is 5.89. The number of carbonyl (C=O) groups excluding carboxylic acids is 2. The van der Waals surface area contributed by atoms with Gasteiger partial charge in [0.2, 0.25) is 0 Å². The third-order valence-electron chi connectivity index (χ3n) is 8.78. The standard InChI is InChI=1S/C35H38N4O3/c1-24-21-25(14-16-29(24)30-11-5-7-13-33(30)42-3)35(41)39-23-28-15-17-32(38(28)22-26-9-4-6-12-31(26)39)34(40)36-19-18-27-10-8-20-37(27)2/h4-7,9,11-17,21,27H,8,10,18-20,22-23H2,1-3H3,(H,36,40). The molecule has 7 nitrogen and oxygen atoms in total. The molecule has 1 saturated heterocycles. The fourth-order valence-electron chi connectivity index (χ4n) is 6.45. The fraction of sp³-hybridized carbons (Fsp3) is 0.314. The van der Waals surface area contributed by atoms with Crippen LogP contribution in [0.25, 0.3) is 11.1 Å². The molecule has 7 heteroatoms. The summed E-state index contributed by atoms with van der Waals surface area (Å²) in [5.74, 6) is 0.660. The van der Waals surface area contributed by atoms with Crippen molar-refractivity contribution in [2.45, 2.75) is 45.3 Å². The van der Waals surface area contributed by atoms with Gasteiger partial charge >= 0.3 is 0 Å². The summed E-state index contributed by atoms with van der Waals surface area (Å²) < 4.78 is 7.63.